The summed E-state index contributed by atoms with van der Waals surface area (Å²) in [6, 6.07) is 26.9. The average Bonchev–Trinajstić information content (AvgIpc) is 2.91. The molecule has 2 amide bonds. The van der Waals surface area contributed by atoms with Gasteiger partial charge in [0.25, 0.3) is 5.91 Å². The van der Waals surface area contributed by atoms with E-state index in [1.54, 1.807) is 11.8 Å². The van der Waals surface area contributed by atoms with Crippen LogP contribution in [0.25, 0.3) is 0 Å². The van der Waals surface area contributed by atoms with Gasteiger partial charge in [-0.15, -0.1) is 0 Å². The molecule has 156 valence electrons. The number of rotatable bonds is 6. The summed E-state index contributed by atoms with van der Waals surface area (Å²) in [7, 11) is 0. The van der Waals surface area contributed by atoms with E-state index in [1.165, 1.54) is 0 Å². The molecule has 0 saturated carbocycles. The lowest BCUT2D eigenvalue weighted by molar-refractivity contribution is -0.124. The van der Waals surface area contributed by atoms with E-state index in [2.05, 4.69) is 5.32 Å². The summed E-state index contributed by atoms with van der Waals surface area (Å²) in [6.07, 6.45) is 0.745. The second-order valence-electron chi connectivity index (χ2n) is 7.55. The van der Waals surface area contributed by atoms with Crippen LogP contribution in [0.2, 0.25) is 0 Å². The Labute approximate surface area is 182 Å². The van der Waals surface area contributed by atoms with Crippen molar-refractivity contribution in [2.45, 2.75) is 19.4 Å². The Morgan fingerprint density at radius 2 is 1.58 bits per heavy atom. The number of nitrogens with zero attached hydrogens (tertiary/aromatic N) is 2. The molecule has 0 unspecified atom stereocenters. The Balaban J connectivity index is 1.54. The second-order valence-corrected chi connectivity index (χ2v) is 7.55. The van der Waals surface area contributed by atoms with Gasteiger partial charge in [-0.25, -0.2) is 0 Å². The van der Waals surface area contributed by atoms with Crippen LogP contribution in [0.15, 0.2) is 89.9 Å². The summed E-state index contributed by atoms with van der Waals surface area (Å²) in [5.74, 6) is -0.369. The van der Waals surface area contributed by atoms with Crippen molar-refractivity contribution in [1.82, 2.24) is 5.32 Å². The van der Waals surface area contributed by atoms with Crippen molar-refractivity contribution in [3.63, 3.8) is 0 Å². The summed E-state index contributed by atoms with van der Waals surface area (Å²) in [5.41, 5.74) is 4.43. The third-order valence-corrected chi connectivity index (χ3v) is 5.32. The quantitative estimate of drug-likeness (QED) is 0.673. The number of benzene rings is 3. The third-order valence-electron chi connectivity index (χ3n) is 5.32. The number of aliphatic imine (C=N–C) groups is 1. The molecule has 3 aromatic carbocycles. The van der Waals surface area contributed by atoms with Crippen LogP contribution in [0.3, 0.4) is 0 Å². The highest BCUT2D eigenvalue weighted by molar-refractivity contribution is 6.20. The standard InChI is InChI=1S/C26H25N3O2/c1-19-26(31)29(18-24(30)27-17-16-20-10-4-2-5-11-20)23-15-9-8-14-22(23)25(28-19)21-12-6-3-7-13-21/h2-15,19H,16-18H2,1H3,(H,27,30)/t19-/m1/s1. The van der Waals surface area contributed by atoms with Crippen molar-refractivity contribution in [2.75, 3.05) is 18.0 Å². The van der Waals surface area contributed by atoms with E-state index >= 15 is 0 Å². The summed E-state index contributed by atoms with van der Waals surface area (Å²) < 4.78 is 0. The van der Waals surface area contributed by atoms with Crippen molar-refractivity contribution in [2.24, 2.45) is 4.99 Å². The monoisotopic (exact) mass is 411 g/mol. The van der Waals surface area contributed by atoms with Gasteiger partial charge in [-0.2, -0.15) is 0 Å². The Morgan fingerprint density at radius 3 is 2.32 bits per heavy atom. The van der Waals surface area contributed by atoms with Crippen LogP contribution in [0.1, 0.15) is 23.6 Å². The first-order valence-corrected chi connectivity index (χ1v) is 10.5. The van der Waals surface area contributed by atoms with Crippen LogP contribution < -0.4 is 10.2 Å². The maximum Gasteiger partial charge on any atom is 0.252 e. The molecule has 1 aliphatic heterocycles. The van der Waals surface area contributed by atoms with Gasteiger partial charge in [0, 0.05) is 17.7 Å². The number of amides is 2. The zero-order valence-electron chi connectivity index (χ0n) is 17.5. The lowest BCUT2D eigenvalue weighted by Gasteiger charge is -2.24. The highest BCUT2D eigenvalue weighted by atomic mass is 16.2. The fraction of sp³-hybridized carbons (Fsp3) is 0.192. The molecule has 0 fully saturated rings. The number of hydrogen-bond acceptors (Lipinski definition) is 3. The largest absolute Gasteiger partial charge is 0.354 e. The molecule has 0 aliphatic carbocycles. The SMILES string of the molecule is C[C@H]1N=C(c2ccccc2)c2ccccc2N(CC(=O)NCCc2ccccc2)C1=O. The molecule has 3 aromatic rings. The van der Waals surface area contributed by atoms with E-state index in [1.807, 2.05) is 84.9 Å². The fourth-order valence-electron chi connectivity index (χ4n) is 3.75. The Morgan fingerprint density at radius 1 is 0.935 bits per heavy atom. The molecule has 1 aliphatic rings. The van der Waals surface area contributed by atoms with Crippen molar-refractivity contribution in [1.29, 1.82) is 0 Å². The number of carbonyl (C=O) groups is 2. The molecule has 0 radical (unpaired) electrons. The van der Waals surface area contributed by atoms with E-state index in [9.17, 15) is 9.59 Å². The molecular weight excluding hydrogens is 386 g/mol. The zero-order valence-corrected chi connectivity index (χ0v) is 17.5. The minimum absolute atomic E-state index is 0.0352. The number of para-hydroxylation sites is 1. The van der Waals surface area contributed by atoms with Gasteiger partial charge in [0.05, 0.1) is 11.4 Å². The van der Waals surface area contributed by atoms with E-state index in [0.29, 0.717) is 12.2 Å². The van der Waals surface area contributed by atoms with Gasteiger partial charge < -0.3 is 10.2 Å². The maximum absolute atomic E-state index is 13.2. The predicted molar refractivity (Wildman–Crippen MR) is 123 cm³/mol. The molecular formula is C26H25N3O2. The first kappa shape index (κ1) is 20.5. The Bertz CT molecular complexity index is 1090. The fourth-order valence-corrected chi connectivity index (χ4v) is 3.75. The molecule has 1 N–H and O–H groups in total. The van der Waals surface area contributed by atoms with Gasteiger partial charge in [-0.3, -0.25) is 14.6 Å². The van der Waals surface area contributed by atoms with Gasteiger partial charge in [-0.1, -0.05) is 78.9 Å². The molecule has 0 aromatic heterocycles. The summed E-state index contributed by atoms with van der Waals surface area (Å²) in [6.45, 7) is 2.26. The molecule has 1 atom stereocenters. The lowest BCUT2D eigenvalue weighted by atomic mass is 10.0. The highest BCUT2D eigenvalue weighted by Gasteiger charge is 2.30. The molecule has 1 heterocycles. The van der Waals surface area contributed by atoms with E-state index in [4.69, 9.17) is 4.99 Å². The molecule has 5 nitrogen and oxygen atoms in total. The van der Waals surface area contributed by atoms with Crippen LogP contribution >= 0.6 is 0 Å². The smallest absolute Gasteiger partial charge is 0.252 e. The Kier molecular flexibility index (Phi) is 6.22. The number of anilines is 1. The molecule has 0 spiro atoms. The lowest BCUT2D eigenvalue weighted by Crippen LogP contribution is -2.44. The average molecular weight is 412 g/mol. The molecule has 4 rings (SSSR count). The van der Waals surface area contributed by atoms with Gasteiger partial charge >= 0.3 is 0 Å². The molecule has 0 saturated heterocycles. The van der Waals surface area contributed by atoms with Gasteiger partial charge in [0.15, 0.2) is 0 Å². The zero-order chi connectivity index (χ0) is 21.6. The van der Waals surface area contributed by atoms with Gasteiger partial charge in [0.1, 0.15) is 12.6 Å². The summed E-state index contributed by atoms with van der Waals surface area (Å²) in [4.78, 5) is 32.1. The number of fused-ring (bicyclic) bond motifs is 1. The van der Waals surface area contributed by atoms with Crippen LogP contribution in [0.4, 0.5) is 5.69 Å². The molecule has 0 bridgehead atoms. The molecule has 5 heteroatoms. The predicted octanol–water partition coefficient (Wildman–Crippen LogP) is 3.62. The first-order chi connectivity index (χ1) is 15.1. The minimum atomic E-state index is -0.584. The van der Waals surface area contributed by atoms with Crippen LogP contribution in [-0.2, 0) is 16.0 Å². The number of nitrogens with one attached hydrogen (secondary N) is 1. The third kappa shape index (κ3) is 4.72. The molecule has 31 heavy (non-hydrogen) atoms. The number of hydrogen-bond donors (Lipinski definition) is 1. The van der Waals surface area contributed by atoms with Crippen molar-refractivity contribution in [3.8, 4) is 0 Å². The van der Waals surface area contributed by atoms with E-state index in [-0.39, 0.29) is 18.4 Å². The van der Waals surface area contributed by atoms with Crippen molar-refractivity contribution >= 4 is 23.2 Å². The minimum Gasteiger partial charge on any atom is -0.354 e. The number of carbonyl (C=O) groups excluding carboxylic acids is 2. The van der Waals surface area contributed by atoms with E-state index in [0.717, 1.165) is 28.8 Å². The summed E-state index contributed by atoms with van der Waals surface area (Å²) in [5, 5.41) is 2.94. The van der Waals surface area contributed by atoms with Crippen LogP contribution in [-0.4, -0.2) is 36.7 Å². The summed E-state index contributed by atoms with van der Waals surface area (Å²) >= 11 is 0. The highest BCUT2D eigenvalue weighted by Crippen LogP contribution is 2.28. The van der Waals surface area contributed by atoms with E-state index < -0.39 is 6.04 Å². The van der Waals surface area contributed by atoms with Crippen molar-refractivity contribution < 1.29 is 9.59 Å². The first-order valence-electron chi connectivity index (χ1n) is 10.5. The maximum atomic E-state index is 13.2. The Hall–Kier alpha value is -3.73. The number of benzodiazepines with no additional fused rings is 1. The van der Waals surface area contributed by atoms with Crippen molar-refractivity contribution in [3.05, 3.63) is 102 Å². The van der Waals surface area contributed by atoms with Crippen LogP contribution in [0, 0.1) is 0 Å². The van der Waals surface area contributed by atoms with Gasteiger partial charge in [-0.05, 0) is 25.0 Å². The van der Waals surface area contributed by atoms with Gasteiger partial charge in [0.2, 0.25) is 5.91 Å². The normalized spacial score (nSPS) is 15.6. The second kappa shape index (κ2) is 9.39. The van der Waals surface area contributed by atoms with Crippen LogP contribution in [0.5, 0.6) is 0 Å². The topological polar surface area (TPSA) is 61.8 Å².